The highest BCUT2D eigenvalue weighted by atomic mass is 32.2. The van der Waals surface area contributed by atoms with Crippen molar-refractivity contribution in [2.75, 3.05) is 37.0 Å². The quantitative estimate of drug-likeness (QED) is 0.822. The van der Waals surface area contributed by atoms with Crippen LogP contribution in [-0.4, -0.2) is 52.6 Å². The van der Waals surface area contributed by atoms with Gasteiger partial charge in [-0.05, 0) is 12.1 Å². The molecule has 5 nitrogen and oxygen atoms in total. The van der Waals surface area contributed by atoms with Gasteiger partial charge < -0.3 is 10.2 Å². The molecule has 2 heterocycles. The minimum Gasteiger partial charge on any atom is -0.372 e. The molecular weight excluding hydrogens is 224 g/mol. The Morgan fingerprint density at radius 2 is 2.12 bits per heavy atom. The van der Waals surface area contributed by atoms with Crippen molar-refractivity contribution in [1.29, 1.82) is 0 Å². The van der Waals surface area contributed by atoms with Gasteiger partial charge in [-0.15, -0.1) is 10.2 Å². The summed E-state index contributed by atoms with van der Waals surface area (Å²) in [5.41, 5.74) is 0.422. The molecule has 16 heavy (non-hydrogen) atoms. The SMILES string of the molecule is CNc1ccc(C(=O)N2CCSCC2)nn1. The number of carbonyl (C=O) groups excluding carboxylic acids is 1. The van der Waals surface area contributed by atoms with Gasteiger partial charge >= 0.3 is 0 Å². The molecule has 0 radical (unpaired) electrons. The minimum atomic E-state index is -0.0181. The second-order valence-electron chi connectivity index (χ2n) is 3.46. The normalized spacial score (nSPS) is 15.9. The Bertz CT molecular complexity index is 362. The van der Waals surface area contributed by atoms with E-state index in [1.807, 2.05) is 16.7 Å². The highest BCUT2D eigenvalue weighted by Gasteiger charge is 2.19. The van der Waals surface area contributed by atoms with E-state index in [2.05, 4.69) is 15.5 Å². The third-order valence-corrected chi connectivity index (χ3v) is 3.38. The highest BCUT2D eigenvalue weighted by Crippen LogP contribution is 2.12. The van der Waals surface area contributed by atoms with Crippen LogP contribution in [0.5, 0.6) is 0 Å². The van der Waals surface area contributed by atoms with Crippen molar-refractivity contribution < 1.29 is 4.79 Å². The Morgan fingerprint density at radius 3 is 2.69 bits per heavy atom. The maximum atomic E-state index is 12.0. The summed E-state index contributed by atoms with van der Waals surface area (Å²) >= 11 is 1.88. The van der Waals surface area contributed by atoms with E-state index in [1.165, 1.54) is 0 Å². The summed E-state index contributed by atoms with van der Waals surface area (Å²) in [4.78, 5) is 13.8. The predicted octanol–water partition coefficient (Wildman–Crippen LogP) is 0.707. The average molecular weight is 238 g/mol. The number of amides is 1. The zero-order valence-corrected chi connectivity index (χ0v) is 9.96. The van der Waals surface area contributed by atoms with Gasteiger partial charge in [-0.25, -0.2) is 0 Å². The molecule has 2 rings (SSSR count). The summed E-state index contributed by atoms with van der Waals surface area (Å²) in [7, 11) is 1.77. The molecule has 0 unspecified atom stereocenters. The topological polar surface area (TPSA) is 58.1 Å². The van der Waals surface area contributed by atoms with Crippen LogP contribution in [0.15, 0.2) is 12.1 Å². The molecule has 1 saturated heterocycles. The van der Waals surface area contributed by atoms with E-state index >= 15 is 0 Å². The van der Waals surface area contributed by atoms with Gasteiger partial charge in [0, 0.05) is 31.6 Å². The number of anilines is 1. The van der Waals surface area contributed by atoms with E-state index in [9.17, 15) is 4.79 Å². The van der Waals surface area contributed by atoms with E-state index in [0.29, 0.717) is 11.5 Å². The number of carbonyl (C=O) groups is 1. The number of nitrogens with zero attached hydrogens (tertiary/aromatic N) is 3. The summed E-state index contributed by atoms with van der Waals surface area (Å²) in [6, 6.07) is 3.47. The van der Waals surface area contributed by atoms with Crippen molar-refractivity contribution in [2.24, 2.45) is 0 Å². The van der Waals surface area contributed by atoms with Gasteiger partial charge in [-0.3, -0.25) is 4.79 Å². The third-order valence-electron chi connectivity index (χ3n) is 2.44. The number of hydrogen-bond acceptors (Lipinski definition) is 5. The molecule has 0 saturated carbocycles. The Morgan fingerprint density at radius 1 is 1.38 bits per heavy atom. The van der Waals surface area contributed by atoms with E-state index in [-0.39, 0.29) is 5.91 Å². The lowest BCUT2D eigenvalue weighted by Gasteiger charge is -2.25. The lowest BCUT2D eigenvalue weighted by Crippen LogP contribution is -2.38. The van der Waals surface area contributed by atoms with Crippen LogP contribution in [-0.2, 0) is 0 Å². The summed E-state index contributed by atoms with van der Waals surface area (Å²) < 4.78 is 0. The maximum Gasteiger partial charge on any atom is 0.274 e. The fourth-order valence-electron chi connectivity index (χ4n) is 1.51. The number of thioether (sulfide) groups is 1. The summed E-state index contributed by atoms with van der Waals surface area (Å²) in [6.45, 7) is 1.61. The first kappa shape index (κ1) is 11.2. The van der Waals surface area contributed by atoms with Crippen LogP contribution in [0, 0.1) is 0 Å². The van der Waals surface area contributed by atoms with E-state index in [0.717, 1.165) is 24.6 Å². The largest absolute Gasteiger partial charge is 0.372 e. The molecule has 1 fully saturated rings. The molecule has 0 atom stereocenters. The summed E-state index contributed by atoms with van der Waals surface area (Å²) in [6.07, 6.45) is 0. The van der Waals surface area contributed by atoms with Crippen LogP contribution < -0.4 is 5.32 Å². The molecule has 0 aliphatic carbocycles. The Balaban J connectivity index is 2.07. The van der Waals surface area contributed by atoms with Crippen molar-refractivity contribution in [2.45, 2.75) is 0 Å². The molecule has 1 amide bonds. The van der Waals surface area contributed by atoms with Crippen LogP contribution in [0.1, 0.15) is 10.5 Å². The van der Waals surface area contributed by atoms with Crippen LogP contribution in [0.3, 0.4) is 0 Å². The van der Waals surface area contributed by atoms with Gasteiger partial charge in [0.15, 0.2) is 5.69 Å². The van der Waals surface area contributed by atoms with Crippen LogP contribution in [0.4, 0.5) is 5.82 Å². The molecule has 0 bridgehead atoms. The number of nitrogens with one attached hydrogen (secondary N) is 1. The van der Waals surface area contributed by atoms with Gasteiger partial charge in [-0.2, -0.15) is 11.8 Å². The third kappa shape index (κ3) is 2.44. The van der Waals surface area contributed by atoms with Crippen LogP contribution in [0.2, 0.25) is 0 Å². The zero-order valence-electron chi connectivity index (χ0n) is 9.14. The molecule has 86 valence electrons. The summed E-state index contributed by atoms with van der Waals surface area (Å²) in [5, 5.41) is 10.7. The highest BCUT2D eigenvalue weighted by molar-refractivity contribution is 7.99. The maximum absolute atomic E-state index is 12.0. The fourth-order valence-corrected chi connectivity index (χ4v) is 2.41. The van der Waals surface area contributed by atoms with E-state index < -0.39 is 0 Å². The van der Waals surface area contributed by atoms with Gasteiger partial charge in [-0.1, -0.05) is 0 Å². The smallest absolute Gasteiger partial charge is 0.274 e. The van der Waals surface area contributed by atoms with Crippen LogP contribution >= 0.6 is 11.8 Å². The molecule has 6 heteroatoms. The van der Waals surface area contributed by atoms with E-state index in [4.69, 9.17) is 0 Å². The van der Waals surface area contributed by atoms with Crippen molar-refractivity contribution in [3.05, 3.63) is 17.8 Å². The first-order valence-electron chi connectivity index (χ1n) is 5.20. The fraction of sp³-hybridized carbons (Fsp3) is 0.500. The van der Waals surface area contributed by atoms with Gasteiger partial charge in [0.25, 0.3) is 5.91 Å². The Labute approximate surface area is 98.6 Å². The van der Waals surface area contributed by atoms with Crippen molar-refractivity contribution in [1.82, 2.24) is 15.1 Å². The monoisotopic (exact) mass is 238 g/mol. The Kier molecular flexibility index (Phi) is 3.61. The number of aromatic nitrogens is 2. The molecule has 0 spiro atoms. The number of hydrogen-bond donors (Lipinski definition) is 1. The second-order valence-corrected chi connectivity index (χ2v) is 4.68. The second kappa shape index (κ2) is 5.16. The van der Waals surface area contributed by atoms with Gasteiger partial charge in [0.1, 0.15) is 5.82 Å². The molecule has 1 aliphatic heterocycles. The molecular formula is C10H14N4OS. The standard InChI is InChI=1S/C10H14N4OS/c1-11-9-3-2-8(12-13-9)10(15)14-4-6-16-7-5-14/h2-3H,4-7H2,1H3,(H,11,13). The average Bonchev–Trinajstić information content (AvgIpc) is 2.39. The van der Waals surface area contributed by atoms with Crippen molar-refractivity contribution >= 4 is 23.5 Å². The lowest BCUT2D eigenvalue weighted by atomic mass is 10.3. The zero-order chi connectivity index (χ0) is 11.4. The predicted molar refractivity (Wildman–Crippen MR) is 64.8 cm³/mol. The van der Waals surface area contributed by atoms with Crippen LogP contribution in [0.25, 0.3) is 0 Å². The van der Waals surface area contributed by atoms with Gasteiger partial charge in [0.2, 0.25) is 0 Å². The van der Waals surface area contributed by atoms with Crippen molar-refractivity contribution in [3.63, 3.8) is 0 Å². The van der Waals surface area contributed by atoms with Gasteiger partial charge in [0.05, 0.1) is 0 Å². The van der Waals surface area contributed by atoms with E-state index in [1.54, 1.807) is 19.2 Å². The lowest BCUT2D eigenvalue weighted by molar-refractivity contribution is 0.0765. The molecule has 1 aromatic rings. The number of rotatable bonds is 2. The molecule has 1 aliphatic rings. The molecule has 1 N–H and O–H groups in total. The Hall–Kier alpha value is -1.30. The minimum absolute atomic E-state index is 0.0181. The summed E-state index contributed by atoms with van der Waals surface area (Å²) in [5.74, 6) is 2.67. The molecule has 1 aromatic heterocycles. The molecule has 0 aromatic carbocycles. The first-order chi connectivity index (χ1) is 7.81. The van der Waals surface area contributed by atoms with Crippen molar-refractivity contribution in [3.8, 4) is 0 Å². The first-order valence-corrected chi connectivity index (χ1v) is 6.35.